The van der Waals surface area contributed by atoms with E-state index in [-0.39, 0.29) is 5.97 Å². The van der Waals surface area contributed by atoms with E-state index >= 15 is 0 Å². The fourth-order valence-electron chi connectivity index (χ4n) is 2.23. The second-order valence-corrected chi connectivity index (χ2v) is 5.58. The van der Waals surface area contributed by atoms with Gasteiger partial charge in [0.2, 0.25) is 0 Å². The summed E-state index contributed by atoms with van der Waals surface area (Å²) in [4.78, 5) is 11.4. The van der Waals surface area contributed by atoms with Crippen LogP contribution in [0.4, 0.5) is 0 Å². The zero-order valence-electron chi connectivity index (χ0n) is 13.5. The average Bonchev–Trinajstić information content (AvgIpc) is 2.45. The Morgan fingerprint density at radius 2 is 1.50 bits per heavy atom. The summed E-state index contributed by atoms with van der Waals surface area (Å²) >= 11 is 0. The molecular formula is C18H34O2. The monoisotopic (exact) mass is 282 g/mol. The van der Waals surface area contributed by atoms with Crippen molar-refractivity contribution in [2.75, 3.05) is 6.61 Å². The Morgan fingerprint density at radius 3 is 2.15 bits per heavy atom. The van der Waals surface area contributed by atoms with Gasteiger partial charge in [0, 0.05) is 6.42 Å². The first kappa shape index (κ1) is 19.2. The molecule has 0 aliphatic rings. The summed E-state index contributed by atoms with van der Waals surface area (Å²) in [6, 6.07) is 0. The number of hydrogen-bond acceptors (Lipinski definition) is 2. The van der Waals surface area contributed by atoms with Crippen molar-refractivity contribution in [2.45, 2.75) is 90.4 Å². The van der Waals surface area contributed by atoms with Crippen LogP contribution in [-0.4, -0.2) is 12.6 Å². The third kappa shape index (κ3) is 15.3. The number of carbonyl (C=O) groups is 1. The molecular weight excluding hydrogens is 248 g/mol. The third-order valence-electron chi connectivity index (χ3n) is 3.55. The number of carbonyl (C=O) groups excluding carboxylic acids is 1. The maximum absolute atomic E-state index is 11.4. The Hall–Kier alpha value is -0.790. The summed E-state index contributed by atoms with van der Waals surface area (Å²) in [6.45, 7) is 6.54. The highest BCUT2D eigenvalue weighted by atomic mass is 16.5. The predicted octanol–water partition coefficient (Wildman–Crippen LogP) is 5.81. The zero-order valence-corrected chi connectivity index (χ0v) is 13.5. The van der Waals surface area contributed by atoms with Crippen LogP contribution in [0.5, 0.6) is 0 Å². The Bertz CT molecular complexity index is 223. The number of esters is 1. The number of ether oxygens (including phenoxy) is 1. The molecule has 2 nitrogen and oxygen atoms in total. The van der Waals surface area contributed by atoms with Crippen LogP contribution in [0.3, 0.4) is 0 Å². The van der Waals surface area contributed by atoms with Gasteiger partial charge in [-0.15, -0.1) is 6.58 Å². The Labute approximate surface area is 126 Å². The molecule has 20 heavy (non-hydrogen) atoms. The minimum absolute atomic E-state index is 0.0217. The topological polar surface area (TPSA) is 26.3 Å². The van der Waals surface area contributed by atoms with Gasteiger partial charge in [-0.2, -0.15) is 0 Å². The smallest absolute Gasteiger partial charge is 0.305 e. The first-order valence-corrected chi connectivity index (χ1v) is 8.57. The van der Waals surface area contributed by atoms with Crippen LogP contribution in [0.2, 0.25) is 0 Å². The highest BCUT2D eigenvalue weighted by molar-refractivity contribution is 5.69. The molecule has 0 bridgehead atoms. The molecule has 0 heterocycles. The summed E-state index contributed by atoms with van der Waals surface area (Å²) in [6.07, 6.45) is 17.0. The van der Waals surface area contributed by atoms with Crippen LogP contribution < -0.4 is 0 Å². The van der Waals surface area contributed by atoms with Crippen LogP contribution in [-0.2, 0) is 9.53 Å². The van der Waals surface area contributed by atoms with Crippen LogP contribution >= 0.6 is 0 Å². The molecule has 0 saturated carbocycles. The molecule has 0 unspecified atom stereocenters. The molecule has 0 rings (SSSR count). The lowest BCUT2D eigenvalue weighted by Gasteiger charge is -2.05. The van der Waals surface area contributed by atoms with Crippen molar-refractivity contribution in [1.82, 2.24) is 0 Å². The normalized spacial score (nSPS) is 10.4. The molecule has 0 N–H and O–H groups in total. The maximum Gasteiger partial charge on any atom is 0.305 e. The van der Waals surface area contributed by atoms with Crippen molar-refractivity contribution >= 4 is 5.97 Å². The molecule has 0 spiro atoms. The van der Waals surface area contributed by atoms with E-state index in [1.165, 1.54) is 44.9 Å². The third-order valence-corrected chi connectivity index (χ3v) is 3.55. The van der Waals surface area contributed by atoms with E-state index in [4.69, 9.17) is 4.74 Å². The molecule has 0 atom stereocenters. The first-order chi connectivity index (χ1) is 9.81. The van der Waals surface area contributed by atoms with Gasteiger partial charge in [-0.3, -0.25) is 4.79 Å². The fourth-order valence-corrected chi connectivity index (χ4v) is 2.23. The highest BCUT2D eigenvalue weighted by Gasteiger charge is 2.01. The SMILES string of the molecule is C=CCCCCCC(=O)OCCCCCCCCCC. The molecule has 0 fully saturated rings. The standard InChI is InChI=1S/C18H34O2/c1-3-5-7-9-10-11-13-15-17-20-18(19)16-14-12-8-6-4-2/h4H,2-3,5-17H2,1H3. The molecule has 0 aromatic rings. The Balaban J connectivity index is 3.13. The lowest BCUT2D eigenvalue weighted by molar-refractivity contribution is -0.143. The Morgan fingerprint density at radius 1 is 0.900 bits per heavy atom. The molecule has 0 aromatic heterocycles. The van der Waals surface area contributed by atoms with E-state index in [0.29, 0.717) is 13.0 Å². The van der Waals surface area contributed by atoms with Crippen LogP contribution in [0.25, 0.3) is 0 Å². The van der Waals surface area contributed by atoms with Crippen LogP contribution in [0.1, 0.15) is 90.4 Å². The zero-order chi connectivity index (χ0) is 14.9. The predicted molar refractivity (Wildman–Crippen MR) is 86.9 cm³/mol. The van der Waals surface area contributed by atoms with Gasteiger partial charge < -0.3 is 4.74 Å². The van der Waals surface area contributed by atoms with Gasteiger partial charge >= 0.3 is 5.97 Å². The molecule has 0 aliphatic heterocycles. The van der Waals surface area contributed by atoms with Crippen molar-refractivity contribution in [3.63, 3.8) is 0 Å². The van der Waals surface area contributed by atoms with Gasteiger partial charge in [0.1, 0.15) is 0 Å². The second kappa shape index (κ2) is 16.3. The molecule has 2 heteroatoms. The number of hydrogen-bond donors (Lipinski definition) is 0. The van der Waals surface area contributed by atoms with Crippen LogP contribution in [0.15, 0.2) is 12.7 Å². The van der Waals surface area contributed by atoms with Gasteiger partial charge in [0.25, 0.3) is 0 Å². The fraction of sp³-hybridized carbons (Fsp3) is 0.833. The van der Waals surface area contributed by atoms with E-state index in [9.17, 15) is 4.79 Å². The quantitative estimate of drug-likeness (QED) is 0.215. The molecule has 118 valence electrons. The van der Waals surface area contributed by atoms with E-state index < -0.39 is 0 Å². The van der Waals surface area contributed by atoms with E-state index in [1.807, 2.05) is 6.08 Å². The maximum atomic E-state index is 11.4. The average molecular weight is 282 g/mol. The van der Waals surface area contributed by atoms with Gasteiger partial charge in [-0.1, -0.05) is 64.4 Å². The summed E-state index contributed by atoms with van der Waals surface area (Å²) in [5.74, 6) is -0.0217. The first-order valence-electron chi connectivity index (χ1n) is 8.57. The number of rotatable bonds is 15. The van der Waals surface area contributed by atoms with Crippen LogP contribution in [0, 0.1) is 0 Å². The largest absolute Gasteiger partial charge is 0.466 e. The van der Waals surface area contributed by atoms with Gasteiger partial charge in [0.15, 0.2) is 0 Å². The molecule has 0 aliphatic carbocycles. The van der Waals surface area contributed by atoms with E-state index in [1.54, 1.807) is 0 Å². The van der Waals surface area contributed by atoms with Crippen molar-refractivity contribution in [3.8, 4) is 0 Å². The molecule has 0 amide bonds. The highest BCUT2D eigenvalue weighted by Crippen LogP contribution is 2.09. The van der Waals surface area contributed by atoms with Crippen molar-refractivity contribution < 1.29 is 9.53 Å². The Kier molecular flexibility index (Phi) is 15.6. The number of allylic oxidation sites excluding steroid dienone is 1. The molecule has 0 radical (unpaired) electrons. The molecule has 0 aromatic carbocycles. The van der Waals surface area contributed by atoms with Gasteiger partial charge in [0.05, 0.1) is 6.61 Å². The summed E-state index contributed by atoms with van der Waals surface area (Å²) < 4.78 is 5.23. The van der Waals surface area contributed by atoms with E-state index in [2.05, 4.69) is 13.5 Å². The van der Waals surface area contributed by atoms with Gasteiger partial charge in [-0.05, 0) is 25.7 Å². The summed E-state index contributed by atoms with van der Waals surface area (Å²) in [7, 11) is 0. The lowest BCUT2D eigenvalue weighted by Crippen LogP contribution is -2.05. The minimum atomic E-state index is -0.0217. The van der Waals surface area contributed by atoms with Crippen molar-refractivity contribution in [1.29, 1.82) is 0 Å². The minimum Gasteiger partial charge on any atom is -0.466 e. The molecule has 0 saturated heterocycles. The van der Waals surface area contributed by atoms with Crippen molar-refractivity contribution in [2.24, 2.45) is 0 Å². The lowest BCUT2D eigenvalue weighted by atomic mass is 10.1. The summed E-state index contributed by atoms with van der Waals surface area (Å²) in [5.41, 5.74) is 0. The second-order valence-electron chi connectivity index (χ2n) is 5.58. The van der Waals surface area contributed by atoms with Crippen molar-refractivity contribution in [3.05, 3.63) is 12.7 Å². The summed E-state index contributed by atoms with van der Waals surface area (Å²) in [5, 5.41) is 0. The van der Waals surface area contributed by atoms with Gasteiger partial charge in [-0.25, -0.2) is 0 Å². The number of unbranched alkanes of at least 4 members (excludes halogenated alkanes) is 10. The van der Waals surface area contributed by atoms with E-state index in [0.717, 1.165) is 32.1 Å².